The van der Waals surface area contributed by atoms with Gasteiger partial charge in [0.25, 0.3) is 5.56 Å². The number of anilines is 1. The minimum absolute atomic E-state index is 0.165. The number of hydrogen-bond donors (Lipinski definition) is 2. The zero-order valence-electron chi connectivity index (χ0n) is 16.6. The maximum atomic E-state index is 12.9. The molecule has 0 fully saturated rings. The van der Waals surface area contributed by atoms with Crippen molar-refractivity contribution in [3.8, 4) is 5.75 Å². The molecule has 1 heterocycles. The predicted octanol–water partition coefficient (Wildman–Crippen LogP) is 2.93. The Hall–Kier alpha value is -3.39. The molecule has 8 nitrogen and oxygen atoms in total. The number of hydrogen-bond acceptors (Lipinski definition) is 5. The fourth-order valence-corrected chi connectivity index (χ4v) is 3.08. The first-order valence-corrected chi connectivity index (χ1v) is 9.24. The molecule has 0 bridgehead atoms. The number of nitrogens with zero attached hydrogens (tertiary/aromatic N) is 2. The summed E-state index contributed by atoms with van der Waals surface area (Å²) in [5.41, 5.74) is 0.962. The van der Waals surface area contributed by atoms with Crippen molar-refractivity contribution in [3.05, 3.63) is 64.7 Å². The molecule has 0 aliphatic heterocycles. The molecule has 2 N–H and O–H groups in total. The third-order valence-corrected chi connectivity index (χ3v) is 4.50. The second kappa shape index (κ2) is 9.20. The Morgan fingerprint density at radius 1 is 1.14 bits per heavy atom. The summed E-state index contributed by atoms with van der Waals surface area (Å²) in [7, 11) is 3.11. The second-order valence-corrected chi connectivity index (χ2v) is 6.46. The van der Waals surface area contributed by atoms with E-state index in [1.54, 1.807) is 55.0 Å². The number of carbonyl (C=O) groups is 1. The molecule has 0 saturated heterocycles. The number of fused-ring (bicyclic) bond motifs is 1. The van der Waals surface area contributed by atoms with E-state index in [9.17, 15) is 9.59 Å². The van der Waals surface area contributed by atoms with Gasteiger partial charge in [0.2, 0.25) is 0 Å². The van der Waals surface area contributed by atoms with E-state index in [-0.39, 0.29) is 5.56 Å². The molecule has 1 aromatic heterocycles. The molecule has 2 amide bonds. The van der Waals surface area contributed by atoms with Crippen molar-refractivity contribution in [2.75, 3.05) is 26.1 Å². The normalized spacial score (nSPS) is 11.8. The lowest BCUT2D eigenvalue weighted by atomic mass is 10.2. The van der Waals surface area contributed by atoms with Crippen LogP contribution in [0.15, 0.2) is 53.3 Å². The third kappa shape index (κ3) is 4.55. The van der Waals surface area contributed by atoms with Crippen LogP contribution in [0.3, 0.4) is 0 Å². The van der Waals surface area contributed by atoms with Crippen molar-refractivity contribution in [2.45, 2.75) is 19.5 Å². The van der Waals surface area contributed by atoms with E-state index < -0.39 is 12.1 Å². The molecule has 2 aromatic carbocycles. The number of benzene rings is 2. The first kappa shape index (κ1) is 20.3. The van der Waals surface area contributed by atoms with Gasteiger partial charge in [-0.1, -0.05) is 24.3 Å². The monoisotopic (exact) mass is 396 g/mol. The number of rotatable bonds is 7. The number of aromatic nitrogens is 2. The average Bonchev–Trinajstić information content (AvgIpc) is 2.73. The highest BCUT2D eigenvalue weighted by Crippen LogP contribution is 2.23. The van der Waals surface area contributed by atoms with Crippen LogP contribution in [-0.4, -0.2) is 36.4 Å². The summed E-state index contributed by atoms with van der Waals surface area (Å²) < 4.78 is 11.9. The summed E-state index contributed by atoms with van der Waals surface area (Å²) >= 11 is 0. The Morgan fingerprint density at radius 3 is 2.62 bits per heavy atom. The molecular weight excluding hydrogens is 372 g/mol. The van der Waals surface area contributed by atoms with Gasteiger partial charge in [-0.25, -0.2) is 9.78 Å². The maximum absolute atomic E-state index is 12.9. The molecule has 152 valence electrons. The van der Waals surface area contributed by atoms with Crippen LogP contribution in [-0.2, 0) is 11.3 Å². The number of carbonyl (C=O) groups excluding carboxylic acids is 1. The summed E-state index contributed by atoms with van der Waals surface area (Å²) in [5, 5.41) is 6.12. The van der Waals surface area contributed by atoms with Gasteiger partial charge in [0.1, 0.15) is 11.6 Å². The molecule has 3 rings (SSSR count). The van der Waals surface area contributed by atoms with Crippen molar-refractivity contribution in [1.82, 2.24) is 14.9 Å². The Labute approximate surface area is 168 Å². The number of para-hydroxylation sites is 3. The highest BCUT2D eigenvalue weighted by Gasteiger charge is 2.19. The molecule has 0 saturated carbocycles. The molecule has 0 spiro atoms. The van der Waals surface area contributed by atoms with Crippen LogP contribution in [0.2, 0.25) is 0 Å². The van der Waals surface area contributed by atoms with Crippen LogP contribution in [0.4, 0.5) is 10.5 Å². The van der Waals surface area contributed by atoms with E-state index in [4.69, 9.17) is 9.47 Å². The van der Waals surface area contributed by atoms with Crippen LogP contribution in [0.25, 0.3) is 10.9 Å². The van der Waals surface area contributed by atoms with Crippen LogP contribution in [0.1, 0.15) is 18.8 Å². The molecule has 1 atom stereocenters. The number of nitrogens with one attached hydrogen (secondary N) is 2. The first-order valence-electron chi connectivity index (χ1n) is 9.24. The summed E-state index contributed by atoms with van der Waals surface area (Å²) in [4.78, 5) is 30.1. The molecule has 29 heavy (non-hydrogen) atoms. The van der Waals surface area contributed by atoms with Crippen LogP contribution in [0, 0.1) is 0 Å². The standard InChI is InChI=1S/C21H24N4O4/c1-14(22-21(27)24-17-10-6-7-11-18(17)29-3)19-23-16-9-5-4-8-15(16)20(26)25(19)12-13-28-2/h4-11,14H,12-13H2,1-3H3,(H2,22,24,27)/t14-/m1/s1. The minimum Gasteiger partial charge on any atom is -0.495 e. The van der Waals surface area contributed by atoms with E-state index >= 15 is 0 Å². The molecule has 0 aliphatic rings. The Bertz CT molecular complexity index is 1060. The van der Waals surface area contributed by atoms with E-state index in [2.05, 4.69) is 15.6 Å². The predicted molar refractivity (Wildman–Crippen MR) is 111 cm³/mol. The van der Waals surface area contributed by atoms with Crippen LogP contribution in [0.5, 0.6) is 5.75 Å². The number of amides is 2. The lowest BCUT2D eigenvalue weighted by Gasteiger charge is -2.20. The van der Waals surface area contributed by atoms with Gasteiger partial charge >= 0.3 is 6.03 Å². The average molecular weight is 396 g/mol. The van der Waals surface area contributed by atoms with Gasteiger partial charge in [0.15, 0.2) is 0 Å². The number of ether oxygens (including phenoxy) is 2. The number of methoxy groups -OCH3 is 2. The summed E-state index contributed by atoms with van der Waals surface area (Å²) in [5.74, 6) is 1.01. The zero-order chi connectivity index (χ0) is 20.8. The molecule has 0 unspecified atom stereocenters. The van der Waals surface area contributed by atoms with E-state index in [0.717, 1.165) is 0 Å². The van der Waals surface area contributed by atoms with Crippen molar-refractivity contribution >= 4 is 22.6 Å². The molecule has 0 aliphatic carbocycles. The van der Waals surface area contributed by atoms with Gasteiger partial charge in [0.05, 0.1) is 42.9 Å². The first-order chi connectivity index (χ1) is 14.0. The van der Waals surface area contributed by atoms with Gasteiger partial charge < -0.3 is 20.1 Å². The minimum atomic E-state index is -0.515. The van der Waals surface area contributed by atoms with Gasteiger partial charge in [-0.3, -0.25) is 9.36 Å². The van der Waals surface area contributed by atoms with E-state index in [0.29, 0.717) is 41.3 Å². The molecule has 3 aromatic rings. The second-order valence-electron chi connectivity index (χ2n) is 6.46. The maximum Gasteiger partial charge on any atom is 0.319 e. The lowest BCUT2D eigenvalue weighted by molar-refractivity contribution is 0.184. The molecule has 0 radical (unpaired) electrons. The molecule has 8 heteroatoms. The van der Waals surface area contributed by atoms with Crippen LogP contribution >= 0.6 is 0 Å². The highest BCUT2D eigenvalue weighted by atomic mass is 16.5. The van der Waals surface area contributed by atoms with Gasteiger partial charge in [0, 0.05) is 7.11 Å². The lowest BCUT2D eigenvalue weighted by Crippen LogP contribution is -2.36. The highest BCUT2D eigenvalue weighted by molar-refractivity contribution is 5.91. The molecular formula is C21H24N4O4. The summed E-state index contributed by atoms with van der Waals surface area (Å²) in [6.45, 7) is 2.47. The van der Waals surface area contributed by atoms with Gasteiger partial charge in [-0.05, 0) is 31.2 Å². The third-order valence-electron chi connectivity index (χ3n) is 4.50. The summed E-state index contributed by atoms with van der Waals surface area (Å²) in [6.07, 6.45) is 0. The van der Waals surface area contributed by atoms with E-state index in [1.807, 2.05) is 12.1 Å². The smallest absolute Gasteiger partial charge is 0.319 e. The van der Waals surface area contributed by atoms with Gasteiger partial charge in [-0.15, -0.1) is 0 Å². The van der Waals surface area contributed by atoms with Crippen LogP contribution < -0.4 is 20.9 Å². The Balaban J connectivity index is 1.88. The fourth-order valence-electron chi connectivity index (χ4n) is 3.08. The van der Waals surface area contributed by atoms with Crippen molar-refractivity contribution in [2.24, 2.45) is 0 Å². The Kier molecular flexibility index (Phi) is 6.46. The van der Waals surface area contributed by atoms with Crippen molar-refractivity contribution in [3.63, 3.8) is 0 Å². The summed E-state index contributed by atoms with van der Waals surface area (Å²) in [6, 6.07) is 13.3. The quantitative estimate of drug-likeness (QED) is 0.640. The fraction of sp³-hybridized carbons (Fsp3) is 0.286. The van der Waals surface area contributed by atoms with Gasteiger partial charge in [-0.2, -0.15) is 0 Å². The largest absolute Gasteiger partial charge is 0.495 e. The zero-order valence-corrected chi connectivity index (χ0v) is 16.6. The SMILES string of the molecule is COCCn1c([C@@H](C)NC(=O)Nc2ccccc2OC)nc2ccccc2c1=O. The number of urea groups is 1. The van der Waals surface area contributed by atoms with Crippen molar-refractivity contribution in [1.29, 1.82) is 0 Å². The Morgan fingerprint density at radius 2 is 1.86 bits per heavy atom. The van der Waals surface area contributed by atoms with E-state index in [1.165, 1.54) is 7.11 Å². The topological polar surface area (TPSA) is 94.5 Å². The van der Waals surface area contributed by atoms with Crippen molar-refractivity contribution < 1.29 is 14.3 Å².